The van der Waals surface area contributed by atoms with Gasteiger partial charge in [0.25, 0.3) is 0 Å². The lowest BCUT2D eigenvalue weighted by Crippen LogP contribution is -2.47. The highest BCUT2D eigenvalue weighted by Gasteiger charge is 2.18. The van der Waals surface area contributed by atoms with Gasteiger partial charge in [-0.2, -0.15) is 0 Å². The molecule has 0 N–H and O–H groups in total. The van der Waals surface area contributed by atoms with Crippen LogP contribution in [0.3, 0.4) is 0 Å². The van der Waals surface area contributed by atoms with Crippen molar-refractivity contribution in [1.82, 2.24) is 9.88 Å². The van der Waals surface area contributed by atoms with Gasteiger partial charge in [0, 0.05) is 49.7 Å². The van der Waals surface area contributed by atoms with Gasteiger partial charge in [0.1, 0.15) is 5.82 Å². The monoisotopic (exact) mass is 359 g/mol. The first-order chi connectivity index (χ1) is 13.3. The summed E-state index contributed by atoms with van der Waals surface area (Å²) in [6.45, 7) is 5.00. The van der Waals surface area contributed by atoms with E-state index in [1.54, 1.807) is 0 Å². The number of rotatable bonds is 6. The van der Waals surface area contributed by atoms with Crippen LogP contribution < -0.4 is 4.90 Å². The van der Waals surface area contributed by atoms with E-state index in [1.807, 2.05) is 42.6 Å². The maximum Gasteiger partial charge on any atom is 0.162 e. The number of nitrogens with zero attached hydrogens (tertiary/aromatic N) is 3. The number of ketones is 1. The molecule has 2 heterocycles. The number of benzene rings is 2. The fraction of sp³-hybridized carbons (Fsp3) is 0.304. The van der Waals surface area contributed by atoms with Crippen LogP contribution in [-0.2, 0) is 0 Å². The van der Waals surface area contributed by atoms with Gasteiger partial charge in [0.05, 0.1) is 0 Å². The van der Waals surface area contributed by atoms with E-state index in [-0.39, 0.29) is 5.78 Å². The predicted octanol–water partition coefficient (Wildman–Crippen LogP) is 4.02. The molecule has 4 rings (SSSR count). The Bertz CT molecular complexity index is 902. The number of carbonyl (C=O) groups excluding carboxylic acids is 1. The van der Waals surface area contributed by atoms with Crippen LogP contribution in [0, 0.1) is 0 Å². The van der Waals surface area contributed by atoms with Crippen molar-refractivity contribution in [2.24, 2.45) is 0 Å². The quantitative estimate of drug-likeness (QED) is 0.623. The molecule has 4 nitrogen and oxygen atoms in total. The highest BCUT2D eigenvalue weighted by Crippen LogP contribution is 2.20. The molecule has 3 aromatic rings. The Morgan fingerprint density at radius 2 is 1.59 bits per heavy atom. The zero-order valence-corrected chi connectivity index (χ0v) is 15.6. The van der Waals surface area contributed by atoms with Crippen molar-refractivity contribution < 1.29 is 4.79 Å². The third-order valence-corrected chi connectivity index (χ3v) is 5.29. The molecule has 1 fully saturated rings. The molecule has 0 bridgehead atoms. The van der Waals surface area contributed by atoms with E-state index in [9.17, 15) is 4.79 Å². The fourth-order valence-corrected chi connectivity index (χ4v) is 3.68. The number of carbonyl (C=O) groups is 1. The summed E-state index contributed by atoms with van der Waals surface area (Å²) >= 11 is 0. The molecule has 1 aliphatic rings. The SMILES string of the molecule is O=C(CCCN1CCN(c2cc3ccccc3cn2)CC1)c1ccccc1. The van der Waals surface area contributed by atoms with Crippen molar-refractivity contribution in [3.8, 4) is 0 Å². The lowest BCUT2D eigenvalue weighted by Gasteiger charge is -2.35. The third kappa shape index (κ3) is 4.34. The minimum atomic E-state index is 0.245. The first-order valence-corrected chi connectivity index (χ1v) is 9.70. The molecule has 0 amide bonds. The zero-order chi connectivity index (χ0) is 18.5. The third-order valence-electron chi connectivity index (χ3n) is 5.29. The van der Waals surface area contributed by atoms with Crippen molar-refractivity contribution in [1.29, 1.82) is 0 Å². The van der Waals surface area contributed by atoms with Gasteiger partial charge >= 0.3 is 0 Å². The summed E-state index contributed by atoms with van der Waals surface area (Å²) in [6, 6.07) is 20.1. The molecule has 1 aromatic heterocycles. The van der Waals surface area contributed by atoms with E-state index >= 15 is 0 Å². The standard InChI is InChI=1S/C23H25N3O/c27-22(19-7-2-1-3-8-19)11-6-12-25-13-15-26(16-14-25)23-17-20-9-4-5-10-21(20)18-24-23/h1-5,7-10,17-18H,6,11-16H2. The Kier molecular flexibility index (Phi) is 5.45. The van der Waals surface area contributed by atoms with E-state index in [0.717, 1.165) is 50.5 Å². The molecule has 0 radical (unpaired) electrons. The van der Waals surface area contributed by atoms with E-state index in [4.69, 9.17) is 0 Å². The summed E-state index contributed by atoms with van der Waals surface area (Å²) in [7, 11) is 0. The number of aromatic nitrogens is 1. The minimum Gasteiger partial charge on any atom is -0.354 e. The lowest BCUT2D eigenvalue weighted by molar-refractivity contribution is 0.0974. The molecule has 4 heteroatoms. The van der Waals surface area contributed by atoms with E-state index < -0.39 is 0 Å². The molecule has 27 heavy (non-hydrogen) atoms. The summed E-state index contributed by atoms with van der Waals surface area (Å²) in [5.74, 6) is 1.31. The molecular formula is C23H25N3O. The summed E-state index contributed by atoms with van der Waals surface area (Å²) in [6.07, 6.45) is 3.50. The second-order valence-electron chi connectivity index (χ2n) is 7.11. The number of pyridine rings is 1. The van der Waals surface area contributed by atoms with Gasteiger partial charge in [-0.1, -0.05) is 54.6 Å². The van der Waals surface area contributed by atoms with Gasteiger partial charge in [-0.3, -0.25) is 9.69 Å². The maximum atomic E-state index is 12.2. The molecule has 0 aliphatic carbocycles. The van der Waals surface area contributed by atoms with Gasteiger partial charge < -0.3 is 4.90 Å². The van der Waals surface area contributed by atoms with Gasteiger partial charge in [-0.25, -0.2) is 4.98 Å². The van der Waals surface area contributed by atoms with Gasteiger partial charge in [-0.15, -0.1) is 0 Å². The molecule has 138 valence electrons. The van der Waals surface area contributed by atoms with Crippen molar-refractivity contribution in [2.75, 3.05) is 37.6 Å². The molecule has 0 spiro atoms. The van der Waals surface area contributed by atoms with Gasteiger partial charge in [-0.05, 0) is 24.4 Å². The molecule has 1 aliphatic heterocycles. The van der Waals surface area contributed by atoms with E-state index in [2.05, 4.69) is 39.0 Å². The minimum absolute atomic E-state index is 0.245. The smallest absolute Gasteiger partial charge is 0.162 e. The van der Waals surface area contributed by atoms with Crippen LogP contribution in [0.15, 0.2) is 66.9 Å². The Balaban J connectivity index is 1.25. The topological polar surface area (TPSA) is 36.4 Å². The summed E-state index contributed by atoms with van der Waals surface area (Å²) in [5, 5.41) is 2.42. The van der Waals surface area contributed by atoms with Crippen molar-refractivity contribution in [3.63, 3.8) is 0 Å². The summed E-state index contributed by atoms with van der Waals surface area (Å²) in [4.78, 5) is 21.6. The Labute approximate surface area is 160 Å². The maximum absolute atomic E-state index is 12.2. The zero-order valence-electron chi connectivity index (χ0n) is 15.6. The second kappa shape index (κ2) is 8.31. The van der Waals surface area contributed by atoms with Crippen LogP contribution in [0.2, 0.25) is 0 Å². The van der Waals surface area contributed by atoms with Gasteiger partial charge in [0.2, 0.25) is 0 Å². The Morgan fingerprint density at radius 1 is 0.889 bits per heavy atom. The Hall–Kier alpha value is -2.72. The molecular weight excluding hydrogens is 334 g/mol. The largest absolute Gasteiger partial charge is 0.354 e. The fourth-order valence-electron chi connectivity index (χ4n) is 3.68. The molecule has 0 saturated carbocycles. The van der Waals surface area contributed by atoms with E-state index in [1.165, 1.54) is 10.8 Å². The van der Waals surface area contributed by atoms with Crippen LogP contribution >= 0.6 is 0 Å². The molecule has 0 unspecified atom stereocenters. The van der Waals surface area contributed by atoms with Crippen LogP contribution in [0.1, 0.15) is 23.2 Å². The number of Topliss-reactive ketones (excluding diaryl/α,β-unsaturated/α-hetero) is 1. The number of hydrogen-bond donors (Lipinski definition) is 0. The summed E-state index contributed by atoms with van der Waals surface area (Å²) < 4.78 is 0. The first kappa shape index (κ1) is 17.7. The van der Waals surface area contributed by atoms with Gasteiger partial charge in [0.15, 0.2) is 5.78 Å². The Morgan fingerprint density at radius 3 is 2.37 bits per heavy atom. The van der Waals surface area contributed by atoms with Crippen LogP contribution in [0.5, 0.6) is 0 Å². The molecule has 0 atom stereocenters. The average Bonchev–Trinajstić information content (AvgIpc) is 2.74. The normalized spacial score (nSPS) is 15.2. The van der Waals surface area contributed by atoms with Crippen molar-refractivity contribution >= 4 is 22.4 Å². The highest BCUT2D eigenvalue weighted by atomic mass is 16.1. The molecule has 2 aromatic carbocycles. The van der Waals surface area contributed by atoms with Crippen molar-refractivity contribution in [2.45, 2.75) is 12.8 Å². The second-order valence-corrected chi connectivity index (χ2v) is 7.11. The van der Waals surface area contributed by atoms with Crippen LogP contribution in [0.25, 0.3) is 10.8 Å². The number of piperazine rings is 1. The van der Waals surface area contributed by atoms with Crippen LogP contribution in [-0.4, -0.2) is 48.4 Å². The number of hydrogen-bond acceptors (Lipinski definition) is 4. The lowest BCUT2D eigenvalue weighted by atomic mass is 10.1. The first-order valence-electron chi connectivity index (χ1n) is 9.70. The van der Waals surface area contributed by atoms with Crippen molar-refractivity contribution in [3.05, 3.63) is 72.4 Å². The average molecular weight is 359 g/mol. The predicted molar refractivity (Wildman–Crippen MR) is 110 cm³/mol. The highest BCUT2D eigenvalue weighted by molar-refractivity contribution is 5.95. The number of anilines is 1. The van der Waals surface area contributed by atoms with Crippen LogP contribution in [0.4, 0.5) is 5.82 Å². The number of fused-ring (bicyclic) bond motifs is 1. The summed E-state index contributed by atoms with van der Waals surface area (Å²) in [5.41, 5.74) is 0.824. The van der Waals surface area contributed by atoms with E-state index in [0.29, 0.717) is 6.42 Å². The molecule has 1 saturated heterocycles.